The highest BCUT2D eigenvalue weighted by Crippen LogP contribution is 2.24. The Bertz CT molecular complexity index is 564. The molecule has 0 fully saturated rings. The van der Waals surface area contributed by atoms with Crippen molar-refractivity contribution in [1.29, 1.82) is 0 Å². The molecule has 2 aromatic rings. The van der Waals surface area contributed by atoms with Crippen LogP contribution in [0.5, 0.6) is 0 Å². The maximum absolute atomic E-state index is 6.19. The van der Waals surface area contributed by atoms with Gasteiger partial charge in [-0.3, -0.25) is 4.68 Å². The van der Waals surface area contributed by atoms with Gasteiger partial charge < -0.3 is 5.73 Å². The van der Waals surface area contributed by atoms with Crippen molar-refractivity contribution in [3.8, 4) is 0 Å². The second-order valence-electron chi connectivity index (χ2n) is 4.31. The average molecular weight is 310 g/mol. The SMILES string of the molecule is Cc1nccc(C(N)Cc2c(Br)c(C)nn2C)n1. The van der Waals surface area contributed by atoms with Crippen molar-refractivity contribution in [3.63, 3.8) is 0 Å². The molecule has 0 saturated heterocycles. The summed E-state index contributed by atoms with van der Waals surface area (Å²) in [6.07, 6.45) is 2.43. The summed E-state index contributed by atoms with van der Waals surface area (Å²) in [4.78, 5) is 8.43. The molecule has 0 radical (unpaired) electrons. The zero-order valence-corrected chi connectivity index (χ0v) is 12.3. The fraction of sp³-hybridized carbons (Fsp3) is 0.417. The molecule has 1 atom stereocenters. The van der Waals surface area contributed by atoms with Gasteiger partial charge in [0.15, 0.2) is 0 Å². The molecule has 5 nitrogen and oxygen atoms in total. The largest absolute Gasteiger partial charge is 0.322 e. The minimum absolute atomic E-state index is 0.155. The first kappa shape index (κ1) is 13.2. The minimum atomic E-state index is -0.155. The van der Waals surface area contributed by atoms with E-state index in [1.165, 1.54) is 0 Å². The minimum Gasteiger partial charge on any atom is -0.322 e. The standard InChI is InChI=1S/C12H16BrN5/c1-7-12(13)11(18(3)17-7)6-9(14)10-4-5-15-8(2)16-10/h4-5,9H,6,14H2,1-3H3. The van der Waals surface area contributed by atoms with Crippen LogP contribution >= 0.6 is 15.9 Å². The fourth-order valence-corrected chi connectivity index (χ4v) is 2.39. The van der Waals surface area contributed by atoms with Crippen LogP contribution in [0, 0.1) is 13.8 Å². The number of nitrogens with zero attached hydrogens (tertiary/aromatic N) is 4. The van der Waals surface area contributed by atoms with E-state index in [0.717, 1.165) is 27.4 Å². The molecule has 0 bridgehead atoms. The maximum atomic E-state index is 6.19. The van der Waals surface area contributed by atoms with Crippen molar-refractivity contribution in [3.05, 3.63) is 39.6 Å². The van der Waals surface area contributed by atoms with E-state index >= 15 is 0 Å². The van der Waals surface area contributed by atoms with E-state index in [4.69, 9.17) is 5.73 Å². The quantitative estimate of drug-likeness (QED) is 0.939. The Labute approximate surface area is 115 Å². The molecule has 96 valence electrons. The molecular weight excluding hydrogens is 294 g/mol. The number of aromatic nitrogens is 4. The lowest BCUT2D eigenvalue weighted by Gasteiger charge is -2.12. The Morgan fingerprint density at radius 3 is 2.72 bits per heavy atom. The number of hydrogen-bond acceptors (Lipinski definition) is 4. The highest BCUT2D eigenvalue weighted by atomic mass is 79.9. The van der Waals surface area contributed by atoms with Gasteiger partial charge in [0.1, 0.15) is 5.82 Å². The molecule has 0 amide bonds. The lowest BCUT2D eigenvalue weighted by molar-refractivity contribution is 0.624. The number of aryl methyl sites for hydroxylation is 3. The topological polar surface area (TPSA) is 69.6 Å². The third-order valence-corrected chi connectivity index (χ3v) is 3.88. The first-order valence-electron chi connectivity index (χ1n) is 5.72. The van der Waals surface area contributed by atoms with Crippen LogP contribution in [0.25, 0.3) is 0 Å². The smallest absolute Gasteiger partial charge is 0.125 e. The van der Waals surface area contributed by atoms with E-state index in [0.29, 0.717) is 6.42 Å². The summed E-state index contributed by atoms with van der Waals surface area (Å²) in [5.74, 6) is 0.739. The van der Waals surface area contributed by atoms with Gasteiger partial charge in [-0.2, -0.15) is 5.10 Å². The van der Waals surface area contributed by atoms with Gasteiger partial charge in [0.05, 0.1) is 27.6 Å². The molecule has 0 aliphatic carbocycles. The highest BCUT2D eigenvalue weighted by molar-refractivity contribution is 9.10. The Kier molecular flexibility index (Phi) is 3.77. The van der Waals surface area contributed by atoms with Gasteiger partial charge in [0.25, 0.3) is 0 Å². The fourth-order valence-electron chi connectivity index (χ4n) is 1.90. The molecular formula is C12H16BrN5. The van der Waals surface area contributed by atoms with E-state index in [1.54, 1.807) is 6.20 Å². The van der Waals surface area contributed by atoms with Gasteiger partial charge in [-0.05, 0) is 35.8 Å². The van der Waals surface area contributed by atoms with Gasteiger partial charge in [0.2, 0.25) is 0 Å². The number of rotatable bonds is 3. The zero-order chi connectivity index (χ0) is 13.3. The van der Waals surface area contributed by atoms with Crippen LogP contribution in [-0.4, -0.2) is 19.7 Å². The van der Waals surface area contributed by atoms with Crippen molar-refractivity contribution < 1.29 is 0 Å². The third-order valence-electron chi connectivity index (χ3n) is 2.85. The molecule has 6 heteroatoms. The predicted molar refractivity (Wildman–Crippen MR) is 73.0 cm³/mol. The number of nitrogens with two attached hydrogens (primary N) is 1. The lowest BCUT2D eigenvalue weighted by Crippen LogP contribution is -2.17. The molecule has 2 N–H and O–H groups in total. The lowest BCUT2D eigenvalue weighted by atomic mass is 10.1. The Morgan fingerprint density at radius 1 is 1.44 bits per heavy atom. The summed E-state index contributed by atoms with van der Waals surface area (Å²) in [5.41, 5.74) is 9.10. The first-order chi connectivity index (χ1) is 8.49. The normalized spacial score (nSPS) is 12.7. The van der Waals surface area contributed by atoms with E-state index in [2.05, 4.69) is 31.0 Å². The molecule has 2 heterocycles. The van der Waals surface area contributed by atoms with Crippen molar-refractivity contribution in [1.82, 2.24) is 19.7 Å². The Balaban J connectivity index is 2.24. The monoisotopic (exact) mass is 309 g/mol. The molecule has 0 spiro atoms. The van der Waals surface area contributed by atoms with Crippen LogP contribution in [0.2, 0.25) is 0 Å². The summed E-state index contributed by atoms with van der Waals surface area (Å²) in [6.45, 7) is 3.83. The molecule has 0 aliphatic rings. The number of hydrogen-bond donors (Lipinski definition) is 1. The third kappa shape index (κ3) is 2.59. The van der Waals surface area contributed by atoms with Crippen molar-refractivity contribution in [2.75, 3.05) is 0 Å². The van der Waals surface area contributed by atoms with Crippen LogP contribution in [-0.2, 0) is 13.5 Å². The van der Waals surface area contributed by atoms with Crippen molar-refractivity contribution in [2.24, 2.45) is 12.8 Å². The predicted octanol–water partition coefficient (Wildman–Crippen LogP) is 1.83. The second kappa shape index (κ2) is 5.16. The molecule has 0 saturated carbocycles. The Morgan fingerprint density at radius 2 is 2.17 bits per heavy atom. The second-order valence-corrected chi connectivity index (χ2v) is 5.10. The van der Waals surface area contributed by atoms with Crippen LogP contribution < -0.4 is 5.73 Å². The molecule has 2 rings (SSSR count). The van der Waals surface area contributed by atoms with Crippen molar-refractivity contribution in [2.45, 2.75) is 26.3 Å². The summed E-state index contributed by atoms with van der Waals surface area (Å²) >= 11 is 3.54. The van der Waals surface area contributed by atoms with E-state index in [1.807, 2.05) is 31.6 Å². The number of halogens is 1. The summed E-state index contributed by atoms with van der Waals surface area (Å²) in [6, 6.07) is 1.70. The highest BCUT2D eigenvalue weighted by Gasteiger charge is 2.16. The van der Waals surface area contributed by atoms with Gasteiger partial charge in [-0.15, -0.1) is 0 Å². The van der Waals surface area contributed by atoms with Crippen LogP contribution in [0.15, 0.2) is 16.7 Å². The summed E-state index contributed by atoms with van der Waals surface area (Å²) < 4.78 is 2.87. The summed E-state index contributed by atoms with van der Waals surface area (Å²) in [7, 11) is 1.92. The van der Waals surface area contributed by atoms with Gasteiger partial charge in [-0.25, -0.2) is 9.97 Å². The molecule has 0 aliphatic heterocycles. The maximum Gasteiger partial charge on any atom is 0.125 e. The zero-order valence-electron chi connectivity index (χ0n) is 10.7. The van der Waals surface area contributed by atoms with E-state index in [9.17, 15) is 0 Å². The molecule has 0 aromatic carbocycles. The van der Waals surface area contributed by atoms with Crippen LogP contribution in [0.4, 0.5) is 0 Å². The first-order valence-corrected chi connectivity index (χ1v) is 6.51. The van der Waals surface area contributed by atoms with E-state index in [-0.39, 0.29) is 6.04 Å². The molecule has 1 unspecified atom stereocenters. The Hall–Kier alpha value is -1.27. The van der Waals surface area contributed by atoms with Gasteiger partial charge >= 0.3 is 0 Å². The van der Waals surface area contributed by atoms with Gasteiger partial charge in [-0.1, -0.05) is 0 Å². The van der Waals surface area contributed by atoms with Gasteiger partial charge in [0, 0.05) is 19.7 Å². The van der Waals surface area contributed by atoms with Crippen molar-refractivity contribution >= 4 is 15.9 Å². The average Bonchev–Trinajstić information content (AvgIpc) is 2.56. The summed E-state index contributed by atoms with van der Waals surface area (Å²) in [5, 5.41) is 4.36. The molecule has 2 aromatic heterocycles. The van der Waals surface area contributed by atoms with E-state index < -0.39 is 0 Å². The van der Waals surface area contributed by atoms with Crippen LogP contribution in [0.1, 0.15) is 28.9 Å². The van der Waals surface area contributed by atoms with Crippen LogP contribution in [0.3, 0.4) is 0 Å². The molecule has 18 heavy (non-hydrogen) atoms.